The number of ether oxygens (including phenoxy) is 1. The normalized spacial score (nSPS) is 13.5. The maximum absolute atomic E-state index is 8.74. The summed E-state index contributed by atoms with van der Waals surface area (Å²) in [5, 5.41) is 11.6. The number of aliphatic hydroxyl groups is 1. The Morgan fingerprint density at radius 2 is 2.20 bits per heavy atom. The minimum atomic E-state index is -0.426. The van der Waals surface area contributed by atoms with Crippen molar-refractivity contribution < 1.29 is 9.84 Å². The summed E-state index contributed by atoms with van der Waals surface area (Å²) in [4.78, 5) is 0. The third kappa shape index (κ3) is 7.88. The molecule has 0 saturated heterocycles. The van der Waals surface area contributed by atoms with E-state index in [1.807, 2.05) is 0 Å². The first-order chi connectivity index (χ1) is 4.77. The van der Waals surface area contributed by atoms with Gasteiger partial charge in [0.1, 0.15) is 6.23 Å². The van der Waals surface area contributed by atoms with Gasteiger partial charge in [0.2, 0.25) is 0 Å². The smallest absolute Gasteiger partial charge is 0.102 e. The van der Waals surface area contributed by atoms with Crippen molar-refractivity contribution in [2.24, 2.45) is 0 Å². The average Bonchev–Trinajstić information content (AvgIpc) is 1.87. The first-order valence-electron chi connectivity index (χ1n) is 3.76. The summed E-state index contributed by atoms with van der Waals surface area (Å²) in [5.74, 6) is 0. The molecule has 3 nitrogen and oxygen atoms in total. The van der Waals surface area contributed by atoms with E-state index in [2.05, 4.69) is 12.2 Å². The second-order valence-electron chi connectivity index (χ2n) is 2.24. The van der Waals surface area contributed by atoms with Gasteiger partial charge in [-0.1, -0.05) is 6.92 Å². The minimum Gasteiger partial charge on any atom is -0.380 e. The van der Waals surface area contributed by atoms with Crippen LogP contribution in [-0.4, -0.2) is 31.1 Å². The van der Waals surface area contributed by atoms with Gasteiger partial charge < -0.3 is 9.84 Å². The maximum atomic E-state index is 8.74. The molecule has 0 amide bonds. The molecule has 0 fully saturated rings. The molecule has 1 unspecified atom stereocenters. The number of hydrogen-bond donors (Lipinski definition) is 2. The molecule has 0 aliphatic rings. The van der Waals surface area contributed by atoms with Gasteiger partial charge in [-0.15, -0.1) is 0 Å². The Morgan fingerprint density at radius 1 is 1.50 bits per heavy atom. The maximum Gasteiger partial charge on any atom is 0.102 e. The van der Waals surface area contributed by atoms with Crippen molar-refractivity contribution in [2.45, 2.75) is 26.5 Å². The largest absolute Gasteiger partial charge is 0.380 e. The van der Waals surface area contributed by atoms with Crippen LogP contribution in [-0.2, 0) is 4.74 Å². The molecule has 0 aliphatic heterocycles. The van der Waals surface area contributed by atoms with Crippen molar-refractivity contribution in [3.05, 3.63) is 0 Å². The highest BCUT2D eigenvalue weighted by atomic mass is 16.5. The van der Waals surface area contributed by atoms with Crippen molar-refractivity contribution in [3.63, 3.8) is 0 Å². The lowest BCUT2D eigenvalue weighted by molar-refractivity contribution is 0.107. The standard InChI is InChI=1S/C7H17NO2/c1-3-5-10-6-4-8-7(2)9/h7-9H,3-6H2,1-2H3. The zero-order valence-electron chi connectivity index (χ0n) is 6.76. The van der Waals surface area contributed by atoms with Gasteiger partial charge in [0.05, 0.1) is 6.61 Å². The number of aliphatic hydroxyl groups excluding tert-OH is 1. The molecule has 0 aromatic rings. The zero-order chi connectivity index (χ0) is 7.82. The minimum absolute atomic E-state index is 0.426. The Morgan fingerprint density at radius 3 is 2.70 bits per heavy atom. The molecule has 0 spiro atoms. The zero-order valence-corrected chi connectivity index (χ0v) is 6.76. The van der Waals surface area contributed by atoms with E-state index in [-0.39, 0.29) is 0 Å². The highest BCUT2D eigenvalue weighted by molar-refractivity contribution is 4.43. The summed E-state index contributed by atoms with van der Waals surface area (Å²) < 4.78 is 5.16. The van der Waals surface area contributed by atoms with E-state index >= 15 is 0 Å². The molecule has 0 saturated carbocycles. The molecule has 0 rings (SSSR count). The molecular weight excluding hydrogens is 130 g/mol. The Hall–Kier alpha value is -0.120. The van der Waals surface area contributed by atoms with Crippen LogP contribution in [0.25, 0.3) is 0 Å². The third-order valence-corrected chi connectivity index (χ3v) is 1.03. The van der Waals surface area contributed by atoms with Crippen LogP contribution in [0, 0.1) is 0 Å². The van der Waals surface area contributed by atoms with Gasteiger partial charge >= 0.3 is 0 Å². The van der Waals surface area contributed by atoms with Crippen molar-refractivity contribution in [1.82, 2.24) is 5.32 Å². The lowest BCUT2D eigenvalue weighted by Gasteiger charge is -2.06. The summed E-state index contributed by atoms with van der Waals surface area (Å²) >= 11 is 0. The fourth-order valence-electron chi connectivity index (χ4n) is 0.586. The highest BCUT2D eigenvalue weighted by Crippen LogP contribution is 1.78. The van der Waals surface area contributed by atoms with Gasteiger partial charge in [0.15, 0.2) is 0 Å². The van der Waals surface area contributed by atoms with Crippen LogP contribution < -0.4 is 5.32 Å². The van der Waals surface area contributed by atoms with Gasteiger partial charge in [-0.25, -0.2) is 0 Å². The average molecular weight is 147 g/mol. The van der Waals surface area contributed by atoms with Gasteiger partial charge in [-0.3, -0.25) is 5.32 Å². The van der Waals surface area contributed by atoms with Crippen molar-refractivity contribution in [1.29, 1.82) is 0 Å². The first-order valence-corrected chi connectivity index (χ1v) is 3.76. The van der Waals surface area contributed by atoms with Crippen LogP contribution in [0.2, 0.25) is 0 Å². The van der Waals surface area contributed by atoms with Gasteiger partial charge in [-0.05, 0) is 13.3 Å². The number of nitrogens with one attached hydrogen (secondary N) is 1. The SMILES string of the molecule is CCCOCCNC(C)O. The molecule has 0 bridgehead atoms. The molecule has 0 aromatic heterocycles. The van der Waals surface area contributed by atoms with Crippen LogP contribution in [0.4, 0.5) is 0 Å². The first kappa shape index (κ1) is 9.88. The molecule has 0 heterocycles. The van der Waals surface area contributed by atoms with Gasteiger partial charge in [0, 0.05) is 13.2 Å². The van der Waals surface area contributed by atoms with Crippen molar-refractivity contribution in [2.75, 3.05) is 19.8 Å². The summed E-state index contributed by atoms with van der Waals surface area (Å²) in [6.07, 6.45) is 0.625. The van der Waals surface area contributed by atoms with E-state index in [0.717, 1.165) is 19.6 Å². The Labute approximate surface area is 62.4 Å². The lowest BCUT2D eigenvalue weighted by atomic mass is 10.5. The number of rotatable bonds is 6. The molecule has 62 valence electrons. The summed E-state index contributed by atoms with van der Waals surface area (Å²) in [6, 6.07) is 0. The van der Waals surface area contributed by atoms with E-state index in [0.29, 0.717) is 6.61 Å². The molecule has 2 N–H and O–H groups in total. The topological polar surface area (TPSA) is 41.5 Å². The summed E-state index contributed by atoms with van der Waals surface area (Å²) in [5.41, 5.74) is 0. The monoisotopic (exact) mass is 147 g/mol. The van der Waals surface area contributed by atoms with Crippen molar-refractivity contribution in [3.8, 4) is 0 Å². The van der Waals surface area contributed by atoms with Crippen LogP contribution in [0.3, 0.4) is 0 Å². The highest BCUT2D eigenvalue weighted by Gasteiger charge is 1.91. The second kappa shape index (κ2) is 6.99. The second-order valence-corrected chi connectivity index (χ2v) is 2.24. The molecule has 0 aliphatic carbocycles. The van der Waals surface area contributed by atoms with E-state index in [1.165, 1.54) is 0 Å². The molecule has 1 atom stereocenters. The van der Waals surface area contributed by atoms with E-state index in [1.54, 1.807) is 6.92 Å². The van der Waals surface area contributed by atoms with Gasteiger partial charge in [0.25, 0.3) is 0 Å². The van der Waals surface area contributed by atoms with Crippen LogP contribution >= 0.6 is 0 Å². The predicted octanol–water partition coefficient (Wildman–Crippen LogP) is 0.341. The third-order valence-electron chi connectivity index (χ3n) is 1.03. The Balaban J connectivity index is 2.77. The Kier molecular flexibility index (Phi) is 6.91. The van der Waals surface area contributed by atoms with E-state index in [4.69, 9.17) is 9.84 Å². The molecule has 0 aromatic carbocycles. The molecule has 3 heteroatoms. The Bertz CT molecular complexity index is 66.6. The fraction of sp³-hybridized carbons (Fsp3) is 1.00. The van der Waals surface area contributed by atoms with Crippen LogP contribution in [0.1, 0.15) is 20.3 Å². The van der Waals surface area contributed by atoms with E-state index < -0.39 is 6.23 Å². The van der Waals surface area contributed by atoms with Crippen LogP contribution in [0.15, 0.2) is 0 Å². The lowest BCUT2D eigenvalue weighted by Crippen LogP contribution is -2.28. The molecular formula is C7H17NO2. The summed E-state index contributed by atoms with van der Waals surface area (Å²) in [6.45, 7) is 5.97. The van der Waals surface area contributed by atoms with Crippen molar-refractivity contribution >= 4 is 0 Å². The number of hydrogen-bond acceptors (Lipinski definition) is 3. The quantitative estimate of drug-likeness (QED) is 0.420. The molecule has 10 heavy (non-hydrogen) atoms. The van der Waals surface area contributed by atoms with Crippen LogP contribution in [0.5, 0.6) is 0 Å². The predicted molar refractivity (Wildman–Crippen MR) is 40.8 cm³/mol. The molecule has 0 radical (unpaired) electrons. The fourth-order valence-corrected chi connectivity index (χ4v) is 0.586. The summed E-state index contributed by atoms with van der Waals surface area (Å²) in [7, 11) is 0. The van der Waals surface area contributed by atoms with E-state index in [9.17, 15) is 0 Å². The van der Waals surface area contributed by atoms with Gasteiger partial charge in [-0.2, -0.15) is 0 Å².